The topological polar surface area (TPSA) is 41.6 Å². The summed E-state index contributed by atoms with van der Waals surface area (Å²) in [5.41, 5.74) is 1.12. The summed E-state index contributed by atoms with van der Waals surface area (Å²) in [6, 6.07) is 8.26. The van der Waals surface area contributed by atoms with E-state index >= 15 is 0 Å². The lowest BCUT2D eigenvalue weighted by Crippen LogP contribution is -2.39. The fourth-order valence-corrected chi connectivity index (χ4v) is 2.52. The van der Waals surface area contributed by atoms with E-state index in [4.69, 9.17) is 4.74 Å². The Morgan fingerprint density at radius 3 is 3.00 bits per heavy atom. The second-order valence-electron chi connectivity index (χ2n) is 5.43. The van der Waals surface area contributed by atoms with E-state index in [-0.39, 0.29) is 11.9 Å². The van der Waals surface area contributed by atoms with Gasteiger partial charge < -0.3 is 15.0 Å². The highest BCUT2D eigenvalue weighted by Gasteiger charge is 2.21. The summed E-state index contributed by atoms with van der Waals surface area (Å²) in [5.74, 6) is 1.16. The molecule has 1 atom stereocenters. The summed E-state index contributed by atoms with van der Waals surface area (Å²) in [4.78, 5) is 13.6. The van der Waals surface area contributed by atoms with Gasteiger partial charge in [-0.3, -0.25) is 4.79 Å². The lowest BCUT2D eigenvalue weighted by molar-refractivity contribution is -0.127. The summed E-state index contributed by atoms with van der Waals surface area (Å²) in [6.07, 6.45) is 3.43. The van der Waals surface area contributed by atoms with E-state index in [9.17, 15) is 4.79 Å². The highest BCUT2D eigenvalue weighted by molar-refractivity contribution is 5.78. The molecule has 21 heavy (non-hydrogen) atoms. The summed E-state index contributed by atoms with van der Waals surface area (Å²) in [7, 11) is 0. The van der Waals surface area contributed by atoms with Crippen molar-refractivity contribution in [1.29, 1.82) is 0 Å². The van der Waals surface area contributed by atoms with Crippen molar-refractivity contribution in [2.75, 3.05) is 19.7 Å². The van der Waals surface area contributed by atoms with Gasteiger partial charge in [-0.2, -0.15) is 0 Å². The molecule has 2 rings (SSSR count). The molecule has 0 aliphatic carbocycles. The average Bonchev–Trinajstić information content (AvgIpc) is 2.89. The van der Waals surface area contributed by atoms with E-state index in [2.05, 4.69) is 24.9 Å². The molecule has 4 nitrogen and oxygen atoms in total. The molecule has 0 bridgehead atoms. The Balaban J connectivity index is 1.84. The number of amides is 1. The first-order chi connectivity index (χ1) is 10.2. The zero-order valence-corrected chi connectivity index (χ0v) is 12.7. The molecular formula is C17H24N2O2. The number of carbonyl (C=O) groups is 1. The average molecular weight is 288 g/mol. The molecule has 1 unspecified atom stereocenters. The van der Waals surface area contributed by atoms with Crippen molar-refractivity contribution in [2.24, 2.45) is 0 Å². The van der Waals surface area contributed by atoms with E-state index in [0.717, 1.165) is 37.4 Å². The molecule has 1 fully saturated rings. The third kappa shape index (κ3) is 4.60. The summed E-state index contributed by atoms with van der Waals surface area (Å²) < 4.78 is 5.65. The van der Waals surface area contributed by atoms with Gasteiger partial charge in [0.1, 0.15) is 12.4 Å². The van der Waals surface area contributed by atoms with Crippen molar-refractivity contribution in [3.8, 4) is 5.75 Å². The number of likely N-dealkylation sites (tertiary alicyclic amines) is 1. The standard InChI is InChI=1S/C17H24N2O2/c1-3-11-21-16-8-5-4-7-15(16)12-18-14(2)13-19-10-6-9-17(19)20/h3-5,7-8,14,18H,1,6,9-13H2,2H3. The number of carbonyl (C=O) groups excluding carboxylic acids is 1. The zero-order chi connectivity index (χ0) is 15.1. The third-order valence-corrected chi connectivity index (χ3v) is 3.64. The van der Waals surface area contributed by atoms with E-state index in [1.165, 1.54) is 0 Å². The molecule has 1 aromatic carbocycles. The Bertz CT molecular complexity index is 487. The molecule has 0 saturated carbocycles. The monoisotopic (exact) mass is 288 g/mol. The van der Waals surface area contributed by atoms with Crippen LogP contribution in [0, 0.1) is 0 Å². The van der Waals surface area contributed by atoms with Crippen LogP contribution < -0.4 is 10.1 Å². The molecule has 0 spiro atoms. The van der Waals surface area contributed by atoms with Crippen molar-refractivity contribution >= 4 is 5.91 Å². The molecule has 1 heterocycles. The lowest BCUT2D eigenvalue weighted by Gasteiger charge is -2.22. The van der Waals surface area contributed by atoms with E-state index in [1.54, 1.807) is 6.08 Å². The van der Waals surface area contributed by atoms with Gasteiger partial charge in [-0.05, 0) is 19.4 Å². The molecule has 1 saturated heterocycles. The number of nitrogens with zero attached hydrogens (tertiary/aromatic N) is 1. The van der Waals surface area contributed by atoms with Gasteiger partial charge in [0.15, 0.2) is 0 Å². The van der Waals surface area contributed by atoms with Crippen LogP contribution in [0.25, 0.3) is 0 Å². The summed E-state index contributed by atoms with van der Waals surface area (Å²) >= 11 is 0. The third-order valence-electron chi connectivity index (χ3n) is 3.64. The lowest BCUT2D eigenvalue weighted by atomic mass is 10.2. The molecular weight excluding hydrogens is 264 g/mol. The van der Waals surface area contributed by atoms with Crippen LogP contribution in [0.1, 0.15) is 25.3 Å². The molecule has 1 N–H and O–H groups in total. The van der Waals surface area contributed by atoms with E-state index in [0.29, 0.717) is 13.0 Å². The quantitative estimate of drug-likeness (QED) is 0.747. The molecule has 1 aromatic rings. The Kier molecular flexibility index (Phi) is 5.81. The smallest absolute Gasteiger partial charge is 0.222 e. The Morgan fingerprint density at radius 1 is 1.48 bits per heavy atom. The number of benzene rings is 1. The summed E-state index contributed by atoms with van der Waals surface area (Å²) in [6.45, 7) is 8.68. The van der Waals surface area contributed by atoms with E-state index in [1.807, 2.05) is 23.1 Å². The van der Waals surface area contributed by atoms with Crippen LogP contribution in [-0.4, -0.2) is 36.5 Å². The number of para-hydroxylation sites is 1. The van der Waals surface area contributed by atoms with Crippen LogP contribution in [0.4, 0.5) is 0 Å². The molecule has 114 valence electrons. The first-order valence-electron chi connectivity index (χ1n) is 7.53. The molecule has 0 aromatic heterocycles. The SMILES string of the molecule is C=CCOc1ccccc1CNC(C)CN1CCCC1=O. The number of ether oxygens (including phenoxy) is 1. The minimum absolute atomic E-state index is 0.263. The van der Waals surface area contributed by atoms with Crippen LogP contribution >= 0.6 is 0 Å². The van der Waals surface area contributed by atoms with Gasteiger partial charge in [-0.15, -0.1) is 0 Å². The molecule has 1 amide bonds. The second-order valence-corrected chi connectivity index (χ2v) is 5.43. The van der Waals surface area contributed by atoms with Crippen molar-refractivity contribution in [2.45, 2.75) is 32.4 Å². The number of nitrogens with one attached hydrogen (secondary N) is 1. The van der Waals surface area contributed by atoms with Gasteiger partial charge in [0.05, 0.1) is 0 Å². The Hall–Kier alpha value is -1.81. The Labute approximate surface area is 126 Å². The van der Waals surface area contributed by atoms with Crippen LogP contribution in [-0.2, 0) is 11.3 Å². The maximum absolute atomic E-state index is 11.6. The highest BCUT2D eigenvalue weighted by Crippen LogP contribution is 2.18. The van der Waals surface area contributed by atoms with Gasteiger partial charge in [-0.25, -0.2) is 0 Å². The van der Waals surface area contributed by atoms with Gasteiger partial charge in [0, 0.05) is 37.7 Å². The zero-order valence-electron chi connectivity index (χ0n) is 12.7. The van der Waals surface area contributed by atoms with E-state index < -0.39 is 0 Å². The number of hydrogen-bond acceptors (Lipinski definition) is 3. The van der Waals surface area contributed by atoms with Gasteiger partial charge in [0.25, 0.3) is 0 Å². The highest BCUT2D eigenvalue weighted by atomic mass is 16.5. The van der Waals surface area contributed by atoms with Crippen molar-refractivity contribution in [1.82, 2.24) is 10.2 Å². The second kappa shape index (κ2) is 7.84. The first kappa shape index (κ1) is 15.6. The largest absolute Gasteiger partial charge is 0.489 e. The van der Waals surface area contributed by atoms with Crippen molar-refractivity contribution < 1.29 is 9.53 Å². The maximum Gasteiger partial charge on any atom is 0.222 e. The molecule has 0 radical (unpaired) electrons. The minimum atomic E-state index is 0.263. The fourth-order valence-electron chi connectivity index (χ4n) is 2.52. The maximum atomic E-state index is 11.6. The van der Waals surface area contributed by atoms with Gasteiger partial charge in [-0.1, -0.05) is 30.9 Å². The van der Waals surface area contributed by atoms with Gasteiger partial charge >= 0.3 is 0 Å². The normalized spacial score (nSPS) is 16.0. The first-order valence-corrected chi connectivity index (χ1v) is 7.53. The van der Waals surface area contributed by atoms with Crippen LogP contribution in [0.2, 0.25) is 0 Å². The van der Waals surface area contributed by atoms with Gasteiger partial charge in [0.2, 0.25) is 5.91 Å². The molecule has 1 aliphatic rings. The molecule has 4 heteroatoms. The Morgan fingerprint density at radius 2 is 2.29 bits per heavy atom. The number of rotatable bonds is 8. The van der Waals surface area contributed by atoms with Crippen LogP contribution in [0.15, 0.2) is 36.9 Å². The number of hydrogen-bond donors (Lipinski definition) is 1. The molecule has 1 aliphatic heterocycles. The van der Waals surface area contributed by atoms with Crippen molar-refractivity contribution in [3.05, 3.63) is 42.5 Å². The summed E-state index contributed by atoms with van der Waals surface area (Å²) in [5, 5.41) is 3.46. The van der Waals surface area contributed by atoms with Crippen molar-refractivity contribution in [3.63, 3.8) is 0 Å². The van der Waals surface area contributed by atoms with Crippen LogP contribution in [0.3, 0.4) is 0 Å². The van der Waals surface area contributed by atoms with Crippen LogP contribution in [0.5, 0.6) is 5.75 Å². The predicted octanol–water partition coefficient (Wildman–Crippen LogP) is 2.35. The minimum Gasteiger partial charge on any atom is -0.489 e. The fraction of sp³-hybridized carbons (Fsp3) is 0.471. The predicted molar refractivity (Wildman–Crippen MR) is 84.2 cm³/mol.